The van der Waals surface area contributed by atoms with Gasteiger partial charge in [0.2, 0.25) is 0 Å². The first-order valence-electron chi connectivity index (χ1n) is 6.31. The van der Waals surface area contributed by atoms with Gasteiger partial charge in [-0.2, -0.15) is 5.10 Å². The van der Waals surface area contributed by atoms with Crippen molar-refractivity contribution in [3.05, 3.63) is 45.7 Å². The fourth-order valence-corrected chi connectivity index (χ4v) is 2.94. The molecule has 0 unspecified atom stereocenters. The van der Waals surface area contributed by atoms with Gasteiger partial charge < -0.3 is 4.90 Å². The van der Waals surface area contributed by atoms with Crippen LogP contribution in [0.5, 0.6) is 0 Å². The summed E-state index contributed by atoms with van der Waals surface area (Å²) in [5.41, 5.74) is 1.56. The van der Waals surface area contributed by atoms with Crippen LogP contribution in [-0.4, -0.2) is 28.0 Å². The molecular weight excluding hydrogens is 313 g/mol. The molecule has 0 bridgehead atoms. The highest BCUT2D eigenvalue weighted by molar-refractivity contribution is 6.56. The van der Waals surface area contributed by atoms with Gasteiger partial charge in [0.15, 0.2) is 0 Å². The monoisotopic (exact) mass is 323 g/mol. The lowest BCUT2D eigenvalue weighted by atomic mass is 10.1. The van der Waals surface area contributed by atoms with E-state index in [1.54, 1.807) is 16.9 Å². The minimum absolute atomic E-state index is 0.194. The van der Waals surface area contributed by atoms with Gasteiger partial charge in [-0.1, -0.05) is 23.2 Å². The third kappa shape index (κ3) is 2.22. The molecule has 1 amide bonds. The van der Waals surface area contributed by atoms with E-state index in [1.807, 2.05) is 13.1 Å². The van der Waals surface area contributed by atoms with Crippen molar-refractivity contribution in [3.63, 3.8) is 0 Å². The third-order valence-electron chi connectivity index (χ3n) is 3.53. The number of fused-ring (bicyclic) bond motifs is 1. The molecule has 0 N–H and O–H groups in total. The van der Waals surface area contributed by atoms with Crippen LogP contribution in [0.1, 0.15) is 16.1 Å². The lowest BCUT2D eigenvalue weighted by molar-refractivity contribution is -0.114. The van der Waals surface area contributed by atoms with Gasteiger partial charge in [-0.15, -0.1) is 0 Å². The lowest BCUT2D eigenvalue weighted by Crippen LogP contribution is -2.32. The van der Waals surface area contributed by atoms with E-state index in [2.05, 4.69) is 5.10 Å². The summed E-state index contributed by atoms with van der Waals surface area (Å²) in [6, 6.07) is 4.98. The van der Waals surface area contributed by atoms with Crippen LogP contribution in [0.4, 0.5) is 5.69 Å². The third-order valence-corrected chi connectivity index (χ3v) is 4.15. The van der Waals surface area contributed by atoms with Gasteiger partial charge in [-0.25, -0.2) is 0 Å². The zero-order valence-corrected chi connectivity index (χ0v) is 12.6. The molecule has 108 valence electrons. The molecule has 7 heteroatoms. The summed E-state index contributed by atoms with van der Waals surface area (Å²) in [5.74, 6) is -1.20. The smallest absolute Gasteiger partial charge is 0.299 e. The van der Waals surface area contributed by atoms with Crippen molar-refractivity contribution in [2.75, 3.05) is 11.4 Å². The molecule has 0 aliphatic carbocycles. The molecule has 0 radical (unpaired) electrons. The number of carbonyl (C=O) groups is 2. The number of ketones is 1. The Morgan fingerprint density at radius 2 is 1.86 bits per heavy atom. The molecule has 2 heterocycles. The van der Waals surface area contributed by atoms with E-state index in [4.69, 9.17) is 23.2 Å². The highest BCUT2D eigenvalue weighted by Crippen LogP contribution is 2.39. The van der Waals surface area contributed by atoms with E-state index < -0.39 is 11.7 Å². The SMILES string of the molecule is Cn1nccc1CCN1C(=O)C(=O)c2c(Cl)ccc(Cl)c21. The summed E-state index contributed by atoms with van der Waals surface area (Å²) in [7, 11) is 1.82. The van der Waals surface area contributed by atoms with Crippen molar-refractivity contribution in [3.8, 4) is 0 Å². The van der Waals surface area contributed by atoms with Crippen LogP contribution >= 0.6 is 23.2 Å². The van der Waals surface area contributed by atoms with Gasteiger partial charge in [-0.05, 0) is 18.2 Å². The summed E-state index contributed by atoms with van der Waals surface area (Å²) in [4.78, 5) is 25.6. The molecule has 1 aliphatic heterocycles. The maximum absolute atomic E-state index is 12.1. The van der Waals surface area contributed by atoms with Gasteiger partial charge in [0, 0.05) is 31.9 Å². The molecular formula is C14H11Cl2N3O2. The minimum Gasteiger partial charge on any atom is -0.303 e. The van der Waals surface area contributed by atoms with Gasteiger partial charge >= 0.3 is 0 Å². The van der Waals surface area contributed by atoms with Crippen molar-refractivity contribution >= 4 is 40.6 Å². The molecule has 1 aromatic carbocycles. The first-order chi connectivity index (χ1) is 10.0. The molecule has 1 aromatic heterocycles. The minimum atomic E-state index is -0.609. The first-order valence-corrected chi connectivity index (χ1v) is 7.07. The fraction of sp³-hybridized carbons (Fsp3) is 0.214. The maximum Gasteiger partial charge on any atom is 0.299 e. The van der Waals surface area contributed by atoms with Crippen molar-refractivity contribution < 1.29 is 9.59 Å². The van der Waals surface area contributed by atoms with Crippen molar-refractivity contribution in [1.29, 1.82) is 0 Å². The largest absolute Gasteiger partial charge is 0.303 e. The number of hydrogen-bond acceptors (Lipinski definition) is 3. The molecule has 21 heavy (non-hydrogen) atoms. The zero-order valence-electron chi connectivity index (χ0n) is 11.1. The Balaban J connectivity index is 1.95. The molecule has 0 saturated carbocycles. The molecule has 1 aliphatic rings. The predicted octanol–water partition coefficient (Wildman–Crippen LogP) is 2.50. The summed E-state index contributed by atoms with van der Waals surface area (Å²) in [6.07, 6.45) is 2.25. The lowest BCUT2D eigenvalue weighted by Gasteiger charge is -2.17. The number of benzene rings is 1. The van der Waals surface area contributed by atoms with E-state index in [0.717, 1.165) is 5.69 Å². The number of anilines is 1. The van der Waals surface area contributed by atoms with Crippen LogP contribution < -0.4 is 4.90 Å². The summed E-state index contributed by atoms with van der Waals surface area (Å²) < 4.78 is 1.73. The summed E-state index contributed by atoms with van der Waals surface area (Å²) in [5, 5.41) is 4.66. The van der Waals surface area contributed by atoms with Gasteiger partial charge in [0.25, 0.3) is 11.7 Å². The average molecular weight is 324 g/mol. The van der Waals surface area contributed by atoms with Gasteiger partial charge in [0.05, 0.1) is 21.3 Å². The highest BCUT2D eigenvalue weighted by atomic mass is 35.5. The standard InChI is InChI=1S/C14H11Cl2N3O2/c1-18-8(4-6-17-18)5-7-19-12-10(16)3-2-9(15)11(12)13(20)14(19)21/h2-4,6H,5,7H2,1H3. The van der Waals surface area contributed by atoms with Crippen molar-refractivity contribution in [2.24, 2.45) is 7.05 Å². The molecule has 0 atom stereocenters. The zero-order chi connectivity index (χ0) is 15.1. The van der Waals surface area contributed by atoms with Crippen LogP contribution in [0.15, 0.2) is 24.4 Å². The highest BCUT2D eigenvalue weighted by Gasteiger charge is 2.39. The number of nitrogens with zero attached hydrogens (tertiary/aromatic N) is 3. The normalized spacial score (nSPS) is 14.0. The molecule has 3 rings (SSSR count). The van der Waals surface area contributed by atoms with E-state index in [-0.39, 0.29) is 10.6 Å². The van der Waals surface area contributed by atoms with Crippen LogP contribution in [0.2, 0.25) is 10.0 Å². The van der Waals surface area contributed by atoms with Crippen LogP contribution in [0.3, 0.4) is 0 Å². The van der Waals surface area contributed by atoms with Crippen molar-refractivity contribution in [2.45, 2.75) is 6.42 Å². The molecule has 0 saturated heterocycles. The Hall–Kier alpha value is -1.85. The number of aromatic nitrogens is 2. The van der Waals surface area contributed by atoms with Crippen LogP contribution in [-0.2, 0) is 18.3 Å². The Morgan fingerprint density at radius 3 is 2.52 bits per heavy atom. The number of aryl methyl sites for hydroxylation is 1. The number of amides is 1. The van der Waals surface area contributed by atoms with E-state index in [1.165, 1.54) is 11.0 Å². The summed E-state index contributed by atoms with van der Waals surface area (Å²) >= 11 is 12.2. The quantitative estimate of drug-likeness (QED) is 0.815. The number of Topliss-reactive ketones (excluding diaryl/α,β-unsaturated/α-hetero) is 1. The maximum atomic E-state index is 12.1. The molecule has 2 aromatic rings. The number of rotatable bonds is 3. The number of hydrogen-bond donors (Lipinski definition) is 0. The Labute approximate surface area is 131 Å². The van der Waals surface area contributed by atoms with Gasteiger partial charge in [0.1, 0.15) is 0 Å². The van der Waals surface area contributed by atoms with Gasteiger partial charge in [-0.3, -0.25) is 14.3 Å². The molecule has 0 spiro atoms. The van der Waals surface area contributed by atoms with E-state index >= 15 is 0 Å². The second-order valence-electron chi connectivity index (χ2n) is 4.73. The molecule has 0 fully saturated rings. The topological polar surface area (TPSA) is 55.2 Å². The van der Waals surface area contributed by atoms with E-state index in [9.17, 15) is 9.59 Å². The Kier molecular flexibility index (Phi) is 3.47. The number of halogens is 2. The van der Waals surface area contributed by atoms with Crippen LogP contribution in [0, 0.1) is 0 Å². The fourth-order valence-electron chi connectivity index (χ4n) is 2.44. The van der Waals surface area contributed by atoms with Crippen molar-refractivity contribution in [1.82, 2.24) is 9.78 Å². The van der Waals surface area contributed by atoms with E-state index in [0.29, 0.717) is 23.7 Å². The predicted molar refractivity (Wildman–Crippen MR) is 80.1 cm³/mol. The Bertz CT molecular complexity index is 755. The number of carbonyl (C=O) groups excluding carboxylic acids is 2. The Morgan fingerprint density at radius 1 is 1.14 bits per heavy atom. The second kappa shape index (κ2) is 5.16. The first kappa shape index (κ1) is 14.1. The summed E-state index contributed by atoms with van der Waals surface area (Å²) in [6.45, 7) is 0.344. The average Bonchev–Trinajstić information content (AvgIpc) is 2.97. The molecule has 5 nitrogen and oxygen atoms in total. The second-order valence-corrected chi connectivity index (χ2v) is 5.55. The van der Waals surface area contributed by atoms with Crippen LogP contribution in [0.25, 0.3) is 0 Å².